The fourth-order valence-corrected chi connectivity index (χ4v) is 3.31. The minimum absolute atomic E-state index is 0.0787. The van der Waals surface area contributed by atoms with Crippen LogP contribution < -0.4 is 14.8 Å². The maximum atomic E-state index is 12.6. The van der Waals surface area contributed by atoms with Gasteiger partial charge in [-0.15, -0.1) is 0 Å². The topological polar surface area (TPSA) is 47.6 Å². The van der Waals surface area contributed by atoms with E-state index in [1.807, 2.05) is 12.1 Å². The van der Waals surface area contributed by atoms with E-state index in [1.165, 1.54) is 0 Å². The van der Waals surface area contributed by atoms with Crippen LogP contribution in [-0.4, -0.2) is 25.5 Å². The third kappa shape index (κ3) is 3.35. The summed E-state index contributed by atoms with van der Waals surface area (Å²) in [5.74, 6) is 1.45. The number of ether oxygens (including phenoxy) is 2. The number of hydrogen-bond acceptors (Lipinski definition) is 4. The summed E-state index contributed by atoms with van der Waals surface area (Å²) in [6.07, 6.45) is 3.38. The van der Waals surface area contributed by atoms with Crippen LogP contribution in [0, 0.1) is 0 Å². The highest BCUT2D eigenvalue weighted by atomic mass is 35.5. The van der Waals surface area contributed by atoms with Gasteiger partial charge < -0.3 is 14.8 Å². The number of nitrogens with one attached hydrogen (secondary N) is 1. The second-order valence-electron chi connectivity index (χ2n) is 6.12. The molecule has 2 aromatic rings. The molecule has 0 fully saturated rings. The Hall–Kier alpha value is -2.46. The normalized spacial score (nSPS) is 17.4. The minimum atomic E-state index is -0.0787. The van der Waals surface area contributed by atoms with Crippen molar-refractivity contribution in [3.05, 3.63) is 64.2 Å². The molecule has 0 amide bonds. The van der Waals surface area contributed by atoms with Gasteiger partial charge in [0.2, 0.25) is 0 Å². The third-order valence-corrected chi connectivity index (χ3v) is 4.59. The summed E-state index contributed by atoms with van der Waals surface area (Å²) in [5.41, 5.74) is 3.53. The van der Waals surface area contributed by atoms with Crippen molar-refractivity contribution in [2.45, 2.75) is 12.8 Å². The average Bonchev–Trinajstić information content (AvgIpc) is 2.85. The molecule has 2 aliphatic rings. The standard InChI is InChI=1S/C20H18ClNO3/c21-15-4-1-3-14(9-15)18(23)12-17-16-11-20-19(24-7-2-8-25-20)10-13(16)5-6-22-17/h1,3-4,9-12,22H,2,5-8H2/b17-12-. The molecule has 2 aliphatic heterocycles. The average molecular weight is 356 g/mol. The van der Waals surface area contributed by atoms with Crippen LogP contribution in [0.3, 0.4) is 0 Å². The van der Waals surface area contributed by atoms with Crippen molar-refractivity contribution in [1.82, 2.24) is 5.32 Å². The highest BCUT2D eigenvalue weighted by molar-refractivity contribution is 6.31. The fourth-order valence-electron chi connectivity index (χ4n) is 3.12. The Bertz CT molecular complexity index is 860. The lowest BCUT2D eigenvalue weighted by atomic mass is 9.95. The monoisotopic (exact) mass is 355 g/mol. The van der Waals surface area contributed by atoms with E-state index in [4.69, 9.17) is 21.1 Å². The van der Waals surface area contributed by atoms with Crippen molar-refractivity contribution < 1.29 is 14.3 Å². The molecule has 0 aliphatic carbocycles. The van der Waals surface area contributed by atoms with Gasteiger partial charge in [0.25, 0.3) is 0 Å². The third-order valence-electron chi connectivity index (χ3n) is 4.36. The zero-order valence-electron chi connectivity index (χ0n) is 13.7. The van der Waals surface area contributed by atoms with Crippen LogP contribution >= 0.6 is 11.6 Å². The second kappa shape index (κ2) is 6.81. The van der Waals surface area contributed by atoms with Crippen molar-refractivity contribution in [1.29, 1.82) is 0 Å². The number of allylic oxidation sites excluding steroid dienone is 1. The molecule has 0 aromatic heterocycles. The van der Waals surface area contributed by atoms with Gasteiger partial charge in [0, 0.05) is 40.9 Å². The van der Waals surface area contributed by atoms with Gasteiger partial charge in [-0.3, -0.25) is 4.79 Å². The van der Waals surface area contributed by atoms with Crippen LogP contribution in [0.1, 0.15) is 27.9 Å². The van der Waals surface area contributed by atoms with Crippen LogP contribution in [0.5, 0.6) is 11.5 Å². The molecule has 4 rings (SSSR count). The number of carbonyl (C=O) groups is 1. The van der Waals surface area contributed by atoms with E-state index in [0.29, 0.717) is 23.8 Å². The van der Waals surface area contributed by atoms with Gasteiger partial charge in [-0.2, -0.15) is 0 Å². The number of carbonyl (C=O) groups excluding carboxylic acids is 1. The van der Waals surface area contributed by atoms with Crippen LogP contribution in [0.15, 0.2) is 42.5 Å². The first-order valence-electron chi connectivity index (χ1n) is 8.39. The zero-order valence-corrected chi connectivity index (χ0v) is 14.4. The molecule has 25 heavy (non-hydrogen) atoms. The molecular formula is C20H18ClNO3. The Morgan fingerprint density at radius 3 is 2.72 bits per heavy atom. The number of fused-ring (bicyclic) bond motifs is 2. The van der Waals surface area contributed by atoms with Crippen molar-refractivity contribution in [2.75, 3.05) is 19.8 Å². The van der Waals surface area contributed by atoms with Crippen LogP contribution in [0.4, 0.5) is 0 Å². The first-order chi connectivity index (χ1) is 12.2. The predicted molar refractivity (Wildman–Crippen MR) is 97.5 cm³/mol. The summed E-state index contributed by atoms with van der Waals surface area (Å²) in [4.78, 5) is 12.6. The number of benzene rings is 2. The second-order valence-corrected chi connectivity index (χ2v) is 6.55. The molecule has 1 N–H and O–H groups in total. The molecular weight excluding hydrogens is 338 g/mol. The van der Waals surface area contributed by atoms with E-state index in [-0.39, 0.29) is 5.78 Å². The molecule has 0 unspecified atom stereocenters. The number of rotatable bonds is 2. The van der Waals surface area contributed by atoms with Gasteiger partial charge in [-0.1, -0.05) is 23.7 Å². The molecule has 5 heteroatoms. The SMILES string of the molecule is O=C(/C=C1\NCCc2cc3c(cc21)OCCCO3)c1cccc(Cl)c1. The maximum absolute atomic E-state index is 12.6. The van der Waals surface area contributed by atoms with E-state index >= 15 is 0 Å². The van der Waals surface area contributed by atoms with Crippen molar-refractivity contribution in [3.8, 4) is 11.5 Å². The van der Waals surface area contributed by atoms with Gasteiger partial charge in [-0.25, -0.2) is 0 Å². The maximum Gasteiger partial charge on any atom is 0.187 e. The molecule has 128 valence electrons. The summed E-state index contributed by atoms with van der Waals surface area (Å²) in [6, 6.07) is 11.0. The van der Waals surface area contributed by atoms with Gasteiger partial charge >= 0.3 is 0 Å². The van der Waals surface area contributed by atoms with E-state index in [2.05, 4.69) is 5.32 Å². The Morgan fingerprint density at radius 2 is 1.92 bits per heavy atom. The van der Waals surface area contributed by atoms with E-state index < -0.39 is 0 Å². The van der Waals surface area contributed by atoms with Gasteiger partial charge in [0.05, 0.1) is 13.2 Å². The zero-order chi connectivity index (χ0) is 17.2. The molecule has 0 saturated heterocycles. The highest BCUT2D eigenvalue weighted by Crippen LogP contribution is 2.36. The summed E-state index contributed by atoms with van der Waals surface area (Å²) < 4.78 is 11.6. The van der Waals surface area contributed by atoms with Crippen LogP contribution in [0.2, 0.25) is 5.02 Å². The van der Waals surface area contributed by atoms with Crippen LogP contribution in [0.25, 0.3) is 5.70 Å². The summed E-state index contributed by atoms with van der Waals surface area (Å²) >= 11 is 5.99. The molecule has 4 nitrogen and oxygen atoms in total. The summed E-state index contributed by atoms with van der Waals surface area (Å²) in [6.45, 7) is 2.08. The molecule has 0 atom stereocenters. The number of hydrogen-bond donors (Lipinski definition) is 1. The molecule has 0 spiro atoms. The molecule has 0 bridgehead atoms. The highest BCUT2D eigenvalue weighted by Gasteiger charge is 2.20. The van der Waals surface area contributed by atoms with E-state index in [0.717, 1.165) is 47.7 Å². The molecule has 0 saturated carbocycles. The summed E-state index contributed by atoms with van der Waals surface area (Å²) in [7, 11) is 0. The lowest BCUT2D eigenvalue weighted by Crippen LogP contribution is -2.23. The molecule has 0 radical (unpaired) electrons. The summed E-state index contributed by atoms with van der Waals surface area (Å²) in [5, 5.41) is 3.88. The Labute approximate surface area is 151 Å². The Kier molecular flexibility index (Phi) is 4.36. The van der Waals surface area contributed by atoms with Crippen molar-refractivity contribution >= 4 is 23.1 Å². The molecule has 2 heterocycles. The number of ketones is 1. The first-order valence-corrected chi connectivity index (χ1v) is 8.77. The fraction of sp³-hybridized carbons (Fsp3) is 0.250. The Morgan fingerprint density at radius 1 is 1.12 bits per heavy atom. The van der Waals surface area contributed by atoms with Gasteiger partial charge in [0.1, 0.15) is 0 Å². The predicted octanol–water partition coefficient (Wildman–Crippen LogP) is 3.87. The lowest BCUT2D eigenvalue weighted by Gasteiger charge is -2.23. The van der Waals surface area contributed by atoms with Crippen molar-refractivity contribution in [2.24, 2.45) is 0 Å². The van der Waals surface area contributed by atoms with Crippen molar-refractivity contribution in [3.63, 3.8) is 0 Å². The van der Waals surface area contributed by atoms with Gasteiger partial charge in [-0.05, 0) is 36.2 Å². The van der Waals surface area contributed by atoms with E-state index in [1.54, 1.807) is 30.3 Å². The number of halogens is 1. The lowest BCUT2D eigenvalue weighted by molar-refractivity contribution is 0.104. The van der Waals surface area contributed by atoms with E-state index in [9.17, 15) is 4.79 Å². The first kappa shape index (κ1) is 16.0. The minimum Gasteiger partial charge on any atom is -0.490 e. The van der Waals surface area contributed by atoms with Crippen LogP contribution in [-0.2, 0) is 6.42 Å². The molecule has 2 aromatic carbocycles. The smallest absolute Gasteiger partial charge is 0.187 e. The Balaban J connectivity index is 1.71. The quantitative estimate of drug-likeness (QED) is 0.656. The van der Waals surface area contributed by atoms with Gasteiger partial charge in [0.15, 0.2) is 17.3 Å². The largest absolute Gasteiger partial charge is 0.490 e.